The van der Waals surface area contributed by atoms with Gasteiger partial charge in [-0.3, -0.25) is 0 Å². The highest BCUT2D eigenvalue weighted by atomic mass is 16.6. The van der Waals surface area contributed by atoms with E-state index < -0.39 is 12.2 Å². The van der Waals surface area contributed by atoms with E-state index in [-0.39, 0.29) is 12.0 Å². The molecule has 3 nitrogen and oxygen atoms in total. The quantitative estimate of drug-likeness (QED) is 0.154. The third-order valence-corrected chi connectivity index (χ3v) is 6.53. The molecule has 0 saturated carbocycles. The van der Waals surface area contributed by atoms with Gasteiger partial charge >= 0.3 is 0 Å². The van der Waals surface area contributed by atoms with E-state index in [0.717, 1.165) is 22.3 Å². The molecule has 4 aromatic rings. The Morgan fingerprint density at radius 2 is 0.868 bits per heavy atom. The normalized spacial score (nSPS) is 14.2. The van der Waals surface area contributed by atoms with Crippen molar-refractivity contribution >= 4 is 0 Å². The Bertz CT molecular complexity index is 1210. The van der Waals surface area contributed by atoms with Crippen molar-refractivity contribution < 1.29 is 14.2 Å². The Kier molecular flexibility index (Phi) is 10.7. The molecule has 194 valence electrons. The van der Waals surface area contributed by atoms with Crippen molar-refractivity contribution in [3.05, 3.63) is 169 Å². The molecule has 4 rings (SSSR count). The van der Waals surface area contributed by atoms with Crippen molar-refractivity contribution in [2.24, 2.45) is 0 Å². The first-order valence-electron chi connectivity index (χ1n) is 13.0. The van der Waals surface area contributed by atoms with Gasteiger partial charge in [0.25, 0.3) is 0 Å². The van der Waals surface area contributed by atoms with Gasteiger partial charge in [0.05, 0.1) is 25.9 Å². The molecule has 0 aliphatic rings. The minimum absolute atomic E-state index is 0.122. The molecule has 0 amide bonds. The predicted molar refractivity (Wildman–Crippen MR) is 155 cm³/mol. The van der Waals surface area contributed by atoms with Crippen LogP contribution >= 0.6 is 0 Å². The Labute approximate surface area is 227 Å². The molecule has 0 heterocycles. The zero-order chi connectivity index (χ0) is 26.4. The molecule has 0 bridgehead atoms. The van der Waals surface area contributed by atoms with Crippen LogP contribution in [0.4, 0.5) is 0 Å². The third kappa shape index (κ3) is 7.87. The van der Waals surface area contributed by atoms with Gasteiger partial charge in [0, 0.05) is 5.92 Å². The summed E-state index contributed by atoms with van der Waals surface area (Å²) in [5.41, 5.74) is 4.38. The highest BCUT2D eigenvalue weighted by molar-refractivity contribution is 5.26. The second-order valence-corrected chi connectivity index (χ2v) is 9.19. The molecule has 3 heteroatoms. The molecule has 0 saturated heterocycles. The minimum Gasteiger partial charge on any atom is -0.370 e. The van der Waals surface area contributed by atoms with Gasteiger partial charge in [-0.25, -0.2) is 0 Å². The highest BCUT2D eigenvalue weighted by Gasteiger charge is 2.36. The highest BCUT2D eigenvalue weighted by Crippen LogP contribution is 2.31. The summed E-state index contributed by atoms with van der Waals surface area (Å²) in [6, 6.07) is 40.8. The van der Waals surface area contributed by atoms with Crippen LogP contribution in [0.1, 0.15) is 28.2 Å². The van der Waals surface area contributed by atoms with Crippen molar-refractivity contribution in [2.45, 2.75) is 44.1 Å². The summed E-state index contributed by atoms with van der Waals surface area (Å²) in [5, 5.41) is 0. The summed E-state index contributed by atoms with van der Waals surface area (Å²) in [5.74, 6) is -0.122. The van der Waals surface area contributed by atoms with E-state index in [4.69, 9.17) is 14.2 Å². The van der Waals surface area contributed by atoms with Crippen LogP contribution < -0.4 is 0 Å². The van der Waals surface area contributed by atoms with E-state index in [0.29, 0.717) is 19.8 Å². The van der Waals surface area contributed by atoms with Crippen LogP contribution in [0.2, 0.25) is 0 Å². The average molecular weight is 505 g/mol. The maximum absolute atomic E-state index is 6.70. The van der Waals surface area contributed by atoms with Crippen LogP contribution in [0, 0.1) is 0 Å². The molecule has 0 aliphatic carbocycles. The first-order valence-corrected chi connectivity index (χ1v) is 13.0. The first-order chi connectivity index (χ1) is 18.8. The smallest absolute Gasteiger partial charge is 0.115 e. The van der Waals surface area contributed by atoms with Gasteiger partial charge in [0.1, 0.15) is 12.2 Å². The van der Waals surface area contributed by atoms with Crippen LogP contribution in [0.3, 0.4) is 0 Å². The molecule has 0 unspecified atom stereocenters. The predicted octanol–water partition coefficient (Wildman–Crippen LogP) is 7.90. The molecule has 0 radical (unpaired) electrons. The fourth-order valence-corrected chi connectivity index (χ4v) is 4.51. The van der Waals surface area contributed by atoms with Gasteiger partial charge < -0.3 is 14.2 Å². The second-order valence-electron chi connectivity index (χ2n) is 9.19. The molecule has 0 aliphatic heterocycles. The lowest BCUT2D eigenvalue weighted by molar-refractivity contribution is -0.142. The molecule has 38 heavy (non-hydrogen) atoms. The molecule has 0 N–H and O–H groups in total. The molecular formula is C35H36O3. The van der Waals surface area contributed by atoms with E-state index in [1.54, 1.807) is 0 Å². The summed E-state index contributed by atoms with van der Waals surface area (Å²) in [7, 11) is 0. The lowest BCUT2D eigenvalue weighted by atomic mass is 9.88. The number of benzene rings is 4. The lowest BCUT2D eigenvalue weighted by Crippen LogP contribution is -2.44. The topological polar surface area (TPSA) is 27.7 Å². The van der Waals surface area contributed by atoms with Crippen LogP contribution in [-0.4, -0.2) is 18.3 Å². The van der Waals surface area contributed by atoms with Crippen LogP contribution in [-0.2, 0) is 34.0 Å². The van der Waals surface area contributed by atoms with E-state index in [9.17, 15) is 0 Å². The number of hydrogen-bond donors (Lipinski definition) is 0. The van der Waals surface area contributed by atoms with Crippen LogP contribution in [0.25, 0.3) is 0 Å². The van der Waals surface area contributed by atoms with Crippen molar-refractivity contribution in [3.63, 3.8) is 0 Å². The van der Waals surface area contributed by atoms with Crippen LogP contribution in [0.5, 0.6) is 0 Å². The maximum Gasteiger partial charge on any atom is 0.115 e. The standard InChI is InChI=1S/C35H36O3/c1-3-32(31-23-15-8-16-24-31)34(37-26-29-19-11-6-12-20-29)35(38-27-30-21-13-7-14-22-30)33(4-2)36-25-28-17-9-5-10-18-28/h3-24,32-35H,1-2,25-27H2/t32-,33-,34+,35+/m0/s1. The van der Waals surface area contributed by atoms with Crippen LogP contribution in [0.15, 0.2) is 147 Å². The van der Waals surface area contributed by atoms with Crippen molar-refractivity contribution in [1.29, 1.82) is 0 Å². The Morgan fingerprint density at radius 3 is 1.29 bits per heavy atom. The van der Waals surface area contributed by atoms with E-state index in [1.165, 1.54) is 0 Å². The van der Waals surface area contributed by atoms with E-state index in [1.807, 2.05) is 84.9 Å². The molecular weight excluding hydrogens is 468 g/mol. The van der Waals surface area contributed by atoms with Gasteiger partial charge in [0.2, 0.25) is 0 Å². The van der Waals surface area contributed by atoms with Gasteiger partial charge in [0.15, 0.2) is 0 Å². The van der Waals surface area contributed by atoms with Gasteiger partial charge in [-0.1, -0.05) is 133 Å². The third-order valence-electron chi connectivity index (χ3n) is 6.53. The summed E-state index contributed by atoms with van der Waals surface area (Å²) in [6.45, 7) is 9.62. The zero-order valence-corrected chi connectivity index (χ0v) is 21.8. The summed E-state index contributed by atoms with van der Waals surface area (Å²) < 4.78 is 19.8. The summed E-state index contributed by atoms with van der Waals surface area (Å²) >= 11 is 0. The Morgan fingerprint density at radius 1 is 0.474 bits per heavy atom. The molecule has 4 atom stereocenters. The van der Waals surface area contributed by atoms with Gasteiger partial charge in [-0.05, 0) is 22.3 Å². The molecule has 4 aromatic carbocycles. The maximum atomic E-state index is 6.70. The monoisotopic (exact) mass is 504 g/mol. The van der Waals surface area contributed by atoms with E-state index in [2.05, 4.69) is 61.7 Å². The fourth-order valence-electron chi connectivity index (χ4n) is 4.51. The largest absolute Gasteiger partial charge is 0.370 e. The molecule has 0 fully saturated rings. The second kappa shape index (κ2) is 14.8. The Hall–Kier alpha value is -3.76. The van der Waals surface area contributed by atoms with Gasteiger partial charge in [-0.15, -0.1) is 13.2 Å². The average Bonchev–Trinajstić information content (AvgIpc) is 2.99. The summed E-state index contributed by atoms with van der Waals surface area (Å²) in [6.07, 6.45) is 2.54. The number of hydrogen-bond acceptors (Lipinski definition) is 3. The molecule has 0 aromatic heterocycles. The van der Waals surface area contributed by atoms with Crippen molar-refractivity contribution in [3.8, 4) is 0 Å². The SMILES string of the molecule is C=C[C@H](OCc1ccccc1)[C@@H](OCc1ccccc1)[C@H](OCc1ccccc1)[C@@H](C=C)c1ccccc1. The molecule has 0 spiro atoms. The van der Waals surface area contributed by atoms with E-state index >= 15 is 0 Å². The van der Waals surface area contributed by atoms with Gasteiger partial charge in [-0.2, -0.15) is 0 Å². The number of ether oxygens (including phenoxy) is 3. The number of rotatable bonds is 15. The fraction of sp³-hybridized carbons (Fsp3) is 0.200. The minimum atomic E-state index is -0.441. The zero-order valence-electron chi connectivity index (χ0n) is 21.8. The lowest BCUT2D eigenvalue weighted by Gasteiger charge is -2.36. The first kappa shape index (κ1) is 27.3. The summed E-state index contributed by atoms with van der Waals surface area (Å²) in [4.78, 5) is 0. The van der Waals surface area contributed by atoms with Crippen molar-refractivity contribution in [1.82, 2.24) is 0 Å². The van der Waals surface area contributed by atoms with Crippen molar-refractivity contribution in [2.75, 3.05) is 0 Å². The Balaban J connectivity index is 1.66.